The first-order chi connectivity index (χ1) is 15.6. The Labute approximate surface area is 192 Å². The quantitative estimate of drug-likeness (QED) is 0.607. The zero-order chi connectivity index (χ0) is 24.0. The number of anilines is 1. The number of pyridine rings is 1. The van der Waals surface area contributed by atoms with Gasteiger partial charge in [-0.2, -0.15) is 18.3 Å². The number of aromatic nitrogens is 3. The second-order valence-corrected chi connectivity index (χ2v) is 7.82. The lowest BCUT2D eigenvalue weighted by molar-refractivity contribution is -0.140. The molecule has 1 amide bonds. The van der Waals surface area contributed by atoms with Crippen LogP contribution in [0, 0.1) is 0 Å². The number of hydrogen-bond donors (Lipinski definition) is 1. The van der Waals surface area contributed by atoms with Gasteiger partial charge in [-0.15, -0.1) is 0 Å². The van der Waals surface area contributed by atoms with Gasteiger partial charge in [-0.3, -0.25) is 9.59 Å². The fourth-order valence-electron chi connectivity index (χ4n) is 3.26. The highest BCUT2D eigenvalue weighted by molar-refractivity contribution is 6.30. The van der Waals surface area contributed by atoms with Gasteiger partial charge >= 0.3 is 6.18 Å². The number of hydrogen-bond acceptors (Lipinski definition) is 7. The maximum Gasteiger partial charge on any atom is 0.425 e. The first-order valence-corrected chi connectivity index (χ1v) is 10.6. The second-order valence-electron chi connectivity index (χ2n) is 7.38. The molecule has 2 aromatic heterocycles. The van der Waals surface area contributed by atoms with Gasteiger partial charge in [0.1, 0.15) is 12.4 Å². The lowest BCUT2D eigenvalue weighted by atomic mass is 10.2. The normalized spacial score (nSPS) is 15.4. The van der Waals surface area contributed by atoms with Gasteiger partial charge in [0, 0.05) is 32.4 Å². The van der Waals surface area contributed by atoms with Gasteiger partial charge in [-0.05, 0) is 19.1 Å². The molecule has 0 aliphatic carbocycles. The van der Waals surface area contributed by atoms with E-state index in [0.717, 1.165) is 12.0 Å². The van der Waals surface area contributed by atoms with Crippen molar-refractivity contribution in [2.24, 2.45) is 0 Å². The lowest BCUT2D eigenvalue weighted by Gasteiger charge is -2.35. The van der Waals surface area contributed by atoms with Gasteiger partial charge in [0.25, 0.3) is 5.56 Å². The number of halogens is 4. The third-order valence-corrected chi connectivity index (χ3v) is 5.19. The summed E-state index contributed by atoms with van der Waals surface area (Å²) in [6, 6.07) is 3.59. The van der Waals surface area contributed by atoms with Crippen LogP contribution < -0.4 is 15.2 Å². The van der Waals surface area contributed by atoms with Crippen LogP contribution in [0.3, 0.4) is 0 Å². The summed E-state index contributed by atoms with van der Waals surface area (Å²) in [7, 11) is 0. The Morgan fingerprint density at radius 2 is 1.97 bits per heavy atom. The Morgan fingerprint density at radius 1 is 1.24 bits per heavy atom. The van der Waals surface area contributed by atoms with Crippen molar-refractivity contribution in [2.45, 2.75) is 25.6 Å². The first kappa shape index (κ1) is 24.8. The van der Waals surface area contributed by atoms with Gasteiger partial charge in [-0.25, -0.2) is 10.1 Å². The zero-order valence-electron chi connectivity index (χ0n) is 17.8. The number of carbonyl (C=O) groups is 1. The number of aromatic amines is 1. The number of ether oxygens (including phenoxy) is 2. The Balaban J connectivity index is 1.39. The molecule has 0 spiro atoms. The molecular formula is C20H23ClF3N5O4. The molecule has 1 aliphatic rings. The van der Waals surface area contributed by atoms with Crippen molar-refractivity contribution in [3.05, 3.63) is 45.5 Å². The maximum absolute atomic E-state index is 13.0. The van der Waals surface area contributed by atoms with E-state index in [4.69, 9.17) is 21.1 Å². The number of amides is 1. The van der Waals surface area contributed by atoms with Gasteiger partial charge in [-0.1, -0.05) is 11.6 Å². The number of nitrogens with one attached hydrogen (secondary N) is 1. The van der Waals surface area contributed by atoms with Crippen molar-refractivity contribution in [3.63, 3.8) is 0 Å². The van der Waals surface area contributed by atoms with E-state index in [2.05, 4.69) is 15.0 Å². The standard InChI is InChI=1S/C20H23ClF3N5O4/c1-13(12-33-15-11-26-27-19(31)18(15)20(22,23)24)32-9-4-17(30)29-7-5-28(6-8-29)16-3-2-14(21)10-25-16/h2-3,10-11,13H,4-9,12H2,1H3,(H,27,31). The van der Waals surface area contributed by atoms with Crippen molar-refractivity contribution >= 4 is 23.3 Å². The maximum atomic E-state index is 13.0. The predicted octanol–water partition coefficient (Wildman–Crippen LogP) is 2.36. The third kappa shape index (κ3) is 6.81. The molecule has 0 radical (unpaired) electrons. The van der Waals surface area contributed by atoms with Gasteiger partial charge in [0.2, 0.25) is 5.91 Å². The molecule has 13 heteroatoms. The number of alkyl halides is 3. The molecule has 1 unspecified atom stereocenters. The monoisotopic (exact) mass is 489 g/mol. The Hall–Kier alpha value is -2.86. The molecule has 1 saturated heterocycles. The van der Waals surface area contributed by atoms with Crippen LogP contribution in [0.1, 0.15) is 18.9 Å². The molecule has 2 aromatic rings. The number of carbonyl (C=O) groups excluding carboxylic acids is 1. The molecule has 33 heavy (non-hydrogen) atoms. The van der Waals surface area contributed by atoms with Gasteiger partial charge < -0.3 is 19.3 Å². The van der Waals surface area contributed by atoms with E-state index < -0.39 is 29.2 Å². The summed E-state index contributed by atoms with van der Waals surface area (Å²) < 4.78 is 49.7. The molecule has 0 aromatic carbocycles. The van der Waals surface area contributed by atoms with Crippen molar-refractivity contribution < 1.29 is 27.4 Å². The minimum Gasteiger partial charge on any atom is -0.488 e. The molecule has 3 rings (SSSR count). The van der Waals surface area contributed by atoms with E-state index in [0.29, 0.717) is 31.2 Å². The van der Waals surface area contributed by atoms with Gasteiger partial charge in [0.05, 0.1) is 30.4 Å². The minimum absolute atomic E-state index is 0.0787. The highest BCUT2D eigenvalue weighted by atomic mass is 35.5. The molecule has 1 fully saturated rings. The van der Waals surface area contributed by atoms with Crippen LogP contribution in [0.15, 0.2) is 29.3 Å². The molecule has 0 bridgehead atoms. The van der Waals surface area contributed by atoms with E-state index >= 15 is 0 Å². The fourth-order valence-corrected chi connectivity index (χ4v) is 3.37. The Bertz CT molecular complexity index is 994. The van der Waals surface area contributed by atoms with Crippen molar-refractivity contribution in [2.75, 3.05) is 44.3 Å². The van der Waals surface area contributed by atoms with Crippen molar-refractivity contribution in [3.8, 4) is 5.75 Å². The second kappa shape index (κ2) is 10.8. The van der Waals surface area contributed by atoms with E-state index in [1.165, 1.54) is 0 Å². The van der Waals surface area contributed by atoms with E-state index in [1.54, 1.807) is 29.2 Å². The topological polar surface area (TPSA) is 101 Å². The Morgan fingerprint density at radius 3 is 2.61 bits per heavy atom. The van der Waals surface area contributed by atoms with Crippen LogP contribution in [0.5, 0.6) is 5.75 Å². The van der Waals surface area contributed by atoms with Crippen molar-refractivity contribution in [1.29, 1.82) is 0 Å². The number of rotatable bonds is 8. The van der Waals surface area contributed by atoms with Crippen LogP contribution in [-0.4, -0.2) is 71.5 Å². The van der Waals surface area contributed by atoms with Crippen LogP contribution in [0.4, 0.5) is 19.0 Å². The first-order valence-electron chi connectivity index (χ1n) is 10.2. The zero-order valence-corrected chi connectivity index (χ0v) is 18.5. The molecule has 1 aliphatic heterocycles. The average Bonchev–Trinajstić information content (AvgIpc) is 2.77. The average molecular weight is 490 g/mol. The third-order valence-electron chi connectivity index (χ3n) is 4.96. The van der Waals surface area contributed by atoms with Crippen molar-refractivity contribution in [1.82, 2.24) is 20.1 Å². The van der Waals surface area contributed by atoms with E-state index in [-0.39, 0.29) is 25.5 Å². The molecular weight excluding hydrogens is 467 g/mol. The van der Waals surface area contributed by atoms with E-state index in [9.17, 15) is 22.8 Å². The van der Waals surface area contributed by atoms with Crippen LogP contribution in [0.25, 0.3) is 0 Å². The summed E-state index contributed by atoms with van der Waals surface area (Å²) in [5.41, 5.74) is -2.83. The number of nitrogens with zero attached hydrogens (tertiary/aromatic N) is 4. The molecule has 1 atom stereocenters. The highest BCUT2D eigenvalue weighted by Gasteiger charge is 2.38. The van der Waals surface area contributed by atoms with Crippen LogP contribution >= 0.6 is 11.6 Å². The smallest absolute Gasteiger partial charge is 0.425 e. The number of H-pyrrole nitrogens is 1. The fraction of sp³-hybridized carbons (Fsp3) is 0.500. The summed E-state index contributed by atoms with van der Waals surface area (Å²) in [6.45, 7) is 3.79. The summed E-state index contributed by atoms with van der Waals surface area (Å²) in [6.07, 6.45) is -2.99. The summed E-state index contributed by atoms with van der Waals surface area (Å²) in [5.74, 6) is 0.0451. The summed E-state index contributed by atoms with van der Waals surface area (Å²) in [4.78, 5) is 31.9. The SMILES string of the molecule is CC(COc1cn[nH]c(=O)c1C(F)(F)F)OCCC(=O)N1CCN(c2ccc(Cl)cn2)CC1. The molecule has 9 nitrogen and oxygen atoms in total. The van der Waals surface area contributed by atoms with Gasteiger partial charge in [0.15, 0.2) is 11.3 Å². The largest absolute Gasteiger partial charge is 0.488 e. The Kier molecular flexibility index (Phi) is 8.14. The lowest BCUT2D eigenvalue weighted by Crippen LogP contribution is -2.49. The predicted molar refractivity (Wildman–Crippen MR) is 113 cm³/mol. The van der Waals surface area contributed by atoms with Crippen LogP contribution in [0.2, 0.25) is 5.02 Å². The highest BCUT2D eigenvalue weighted by Crippen LogP contribution is 2.32. The summed E-state index contributed by atoms with van der Waals surface area (Å²) in [5, 5.41) is 5.63. The molecule has 180 valence electrons. The van der Waals surface area contributed by atoms with E-state index in [1.807, 2.05) is 6.07 Å². The molecule has 0 saturated carbocycles. The minimum atomic E-state index is -4.88. The summed E-state index contributed by atoms with van der Waals surface area (Å²) >= 11 is 5.85. The van der Waals surface area contributed by atoms with Crippen LogP contribution in [-0.2, 0) is 15.7 Å². The number of piperazine rings is 1. The molecule has 1 N–H and O–H groups in total. The molecule has 3 heterocycles.